The zero-order valence-corrected chi connectivity index (χ0v) is 13.3. The van der Waals surface area contributed by atoms with Crippen LogP contribution < -0.4 is 0 Å². The van der Waals surface area contributed by atoms with E-state index in [2.05, 4.69) is 0 Å². The largest absolute Gasteiger partial charge is 0.507 e. The van der Waals surface area contributed by atoms with Crippen molar-refractivity contribution in [1.82, 2.24) is 4.90 Å². The number of fused-ring (bicyclic) bond motifs is 1. The number of benzene rings is 2. The predicted octanol–water partition coefficient (Wildman–Crippen LogP) is 2.39. The molecule has 1 fully saturated rings. The van der Waals surface area contributed by atoms with Gasteiger partial charge in [0.15, 0.2) is 0 Å². The molecule has 1 N–H and O–H groups in total. The summed E-state index contributed by atoms with van der Waals surface area (Å²) in [6, 6.07) is 10.8. The third-order valence-electron chi connectivity index (χ3n) is 3.97. The van der Waals surface area contributed by atoms with Gasteiger partial charge in [-0.2, -0.15) is 0 Å². The zero-order valence-electron chi connectivity index (χ0n) is 12.5. The van der Waals surface area contributed by atoms with Crippen LogP contribution in [0.5, 0.6) is 5.75 Å². The Bertz CT molecular complexity index is 744. The highest BCUT2D eigenvalue weighted by molar-refractivity contribution is 7.85. The van der Waals surface area contributed by atoms with Crippen LogP contribution >= 0.6 is 0 Å². The van der Waals surface area contributed by atoms with Gasteiger partial charge in [0.05, 0.1) is 0 Å². The van der Waals surface area contributed by atoms with Gasteiger partial charge >= 0.3 is 0 Å². The summed E-state index contributed by atoms with van der Waals surface area (Å²) in [6.07, 6.45) is 0. The summed E-state index contributed by atoms with van der Waals surface area (Å²) in [7, 11) is -0.851. The highest BCUT2D eigenvalue weighted by Crippen LogP contribution is 2.27. The summed E-state index contributed by atoms with van der Waals surface area (Å²) >= 11 is 0. The van der Waals surface area contributed by atoms with E-state index in [1.807, 2.05) is 37.3 Å². The van der Waals surface area contributed by atoms with Crippen molar-refractivity contribution in [1.29, 1.82) is 0 Å². The van der Waals surface area contributed by atoms with Gasteiger partial charge < -0.3 is 10.0 Å². The third kappa shape index (κ3) is 2.99. The van der Waals surface area contributed by atoms with Crippen molar-refractivity contribution >= 4 is 27.5 Å². The maximum Gasteiger partial charge on any atom is 0.254 e. The molecular weight excluding hydrogens is 298 g/mol. The first-order valence-electron chi connectivity index (χ1n) is 7.40. The van der Waals surface area contributed by atoms with Crippen LogP contribution in [0.3, 0.4) is 0 Å². The number of hydrogen-bond donors (Lipinski definition) is 1. The van der Waals surface area contributed by atoms with Gasteiger partial charge in [0, 0.05) is 46.3 Å². The Labute approximate surface area is 132 Å². The minimum absolute atomic E-state index is 0.105. The van der Waals surface area contributed by atoms with Gasteiger partial charge in [0.1, 0.15) is 5.75 Å². The minimum Gasteiger partial charge on any atom is -0.507 e. The van der Waals surface area contributed by atoms with E-state index in [0.717, 1.165) is 10.8 Å². The number of aromatic hydroxyl groups is 1. The second-order valence-electron chi connectivity index (χ2n) is 5.88. The number of rotatable bonds is 1. The van der Waals surface area contributed by atoms with Crippen molar-refractivity contribution in [2.45, 2.75) is 6.92 Å². The van der Waals surface area contributed by atoms with E-state index < -0.39 is 10.8 Å². The molecule has 0 spiro atoms. The molecule has 0 radical (unpaired) electrons. The lowest BCUT2D eigenvalue weighted by Crippen LogP contribution is -2.35. The molecule has 0 saturated carbocycles. The van der Waals surface area contributed by atoms with Gasteiger partial charge in [-0.1, -0.05) is 31.2 Å². The maximum atomic E-state index is 12.7. The highest BCUT2D eigenvalue weighted by Gasteiger charge is 2.24. The normalized spacial score (nSPS) is 22.5. The molecule has 2 aromatic rings. The molecule has 1 saturated heterocycles. The van der Waals surface area contributed by atoms with Crippen LogP contribution in [-0.2, 0) is 10.8 Å². The fraction of sp³-hybridized carbons (Fsp3) is 0.353. The molecule has 0 aliphatic carbocycles. The van der Waals surface area contributed by atoms with E-state index in [4.69, 9.17) is 0 Å². The molecule has 2 atom stereocenters. The molecular formula is C17H19NO3S. The number of carbonyl (C=O) groups is 1. The summed E-state index contributed by atoms with van der Waals surface area (Å²) in [5.41, 5.74) is 0.482. The second-order valence-corrected chi connectivity index (χ2v) is 7.50. The number of hydrogen-bond acceptors (Lipinski definition) is 3. The molecule has 1 aliphatic heterocycles. The molecule has 3 rings (SSSR count). The Kier molecular flexibility index (Phi) is 4.16. The summed E-state index contributed by atoms with van der Waals surface area (Å²) < 4.78 is 11.8. The lowest BCUT2D eigenvalue weighted by Gasteiger charge is -2.22. The van der Waals surface area contributed by atoms with Crippen molar-refractivity contribution in [3.63, 3.8) is 0 Å². The minimum atomic E-state index is -0.851. The number of phenols is 1. The second kappa shape index (κ2) is 6.08. The van der Waals surface area contributed by atoms with Crippen LogP contribution in [-0.4, -0.2) is 44.7 Å². The lowest BCUT2D eigenvalue weighted by molar-refractivity contribution is 0.0751. The molecule has 116 valence electrons. The quantitative estimate of drug-likeness (QED) is 0.878. The summed E-state index contributed by atoms with van der Waals surface area (Å²) in [6.45, 7) is 3.13. The van der Waals surface area contributed by atoms with Gasteiger partial charge in [-0.3, -0.25) is 9.00 Å². The monoisotopic (exact) mass is 317 g/mol. The summed E-state index contributed by atoms with van der Waals surface area (Å²) in [5.74, 6) is 1.41. The van der Waals surface area contributed by atoms with Gasteiger partial charge in [0.25, 0.3) is 5.91 Å². The average Bonchev–Trinajstić information content (AvgIpc) is 2.67. The maximum absolute atomic E-state index is 12.7. The van der Waals surface area contributed by atoms with Gasteiger partial charge in [-0.25, -0.2) is 0 Å². The van der Waals surface area contributed by atoms with Crippen molar-refractivity contribution in [2.75, 3.05) is 24.6 Å². The molecule has 4 nitrogen and oxygen atoms in total. The molecule has 1 heterocycles. The Balaban J connectivity index is 1.93. The number of phenolic OH excluding ortho intramolecular Hbond substituents is 1. The van der Waals surface area contributed by atoms with E-state index in [-0.39, 0.29) is 17.6 Å². The average molecular weight is 317 g/mol. The van der Waals surface area contributed by atoms with Crippen LogP contribution in [0.2, 0.25) is 0 Å². The van der Waals surface area contributed by atoms with Gasteiger partial charge in [0.2, 0.25) is 0 Å². The zero-order chi connectivity index (χ0) is 15.7. The Morgan fingerprint density at radius 1 is 1.32 bits per heavy atom. The van der Waals surface area contributed by atoms with E-state index in [9.17, 15) is 14.1 Å². The van der Waals surface area contributed by atoms with Gasteiger partial charge in [-0.15, -0.1) is 0 Å². The van der Waals surface area contributed by atoms with Crippen LogP contribution in [0.25, 0.3) is 10.8 Å². The SMILES string of the molecule is C[C@H]1CN(C(=O)c2cc(O)c3ccccc3c2)CC[S@](=O)C1. The molecule has 5 heteroatoms. The summed E-state index contributed by atoms with van der Waals surface area (Å²) in [5, 5.41) is 11.7. The van der Waals surface area contributed by atoms with Crippen molar-refractivity contribution in [3.8, 4) is 5.75 Å². The molecule has 0 bridgehead atoms. The van der Waals surface area contributed by atoms with Gasteiger partial charge in [-0.05, 0) is 23.4 Å². The molecule has 0 unspecified atom stereocenters. The van der Waals surface area contributed by atoms with Crippen LogP contribution in [0, 0.1) is 5.92 Å². The molecule has 22 heavy (non-hydrogen) atoms. The first-order chi connectivity index (χ1) is 10.5. The van der Waals surface area contributed by atoms with E-state index in [0.29, 0.717) is 30.2 Å². The Morgan fingerprint density at radius 2 is 2.09 bits per heavy atom. The Morgan fingerprint density at radius 3 is 2.91 bits per heavy atom. The van der Waals surface area contributed by atoms with Crippen LogP contribution in [0.1, 0.15) is 17.3 Å². The fourth-order valence-corrected chi connectivity index (χ4v) is 4.24. The first-order valence-corrected chi connectivity index (χ1v) is 8.89. The topological polar surface area (TPSA) is 57.6 Å². The molecule has 1 amide bonds. The number of nitrogens with zero attached hydrogens (tertiary/aromatic N) is 1. The molecule has 2 aromatic carbocycles. The van der Waals surface area contributed by atoms with Crippen molar-refractivity contribution in [3.05, 3.63) is 42.0 Å². The predicted molar refractivity (Wildman–Crippen MR) is 88.6 cm³/mol. The van der Waals surface area contributed by atoms with E-state index >= 15 is 0 Å². The van der Waals surface area contributed by atoms with Crippen LogP contribution in [0.15, 0.2) is 36.4 Å². The van der Waals surface area contributed by atoms with Crippen LogP contribution in [0.4, 0.5) is 0 Å². The van der Waals surface area contributed by atoms with Crippen molar-refractivity contribution < 1.29 is 14.1 Å². The number of carbonyl (C=O) groups excluding carboxylic acids is 1. The summed E-state index contributed by atoms with van der Waals surface area (Å²) in [4.78, 5) is 14.5. The molecule has 1 aliphatic rings. The van der Waals surface area contributed by atoms with Crippen molar-refractivity contribution in [2.24, 2.45) is 5.92 Å². The smallest absolute Gasteiger partial charge is 0.254 e. The lowest BCUT2D eigenvalue weighted by atomic mass is 10.0. The van der Waals surface area contributed by atoms with E-state index in [1.165, 1.54) is 6.07 Å². The standard InChI is InChI=1S/C17H19NO3S/c1-12-10-18(6-7-22(21)11-12)17(20)14-8-13-4-2-3-5-15(13)16(19)9-14/h2-5,8-9,12,19H,6-7,10-11H2,1H3/t12-,22-/m0/s1. The first kappa shape index (κ1) is 15.0. The molecule has 0 aromatic heterocycles. The Hall–Kier alpha value is -1.88. The number of amides is 1. The highest BCUT2D eigenvalue weighted by atomic mass is 32.2. The fourth-order valence-electron chi connectivity index (χ4n) is 2.91. The third-order valence-corrected chi connectivity index (χ3v) is 5.54. The van der Waals surface area contributed by atoms with E-state index in [1.54, 1.807) is 4.90 Å².